The lowest BCUT2D eigenvalue weighted by Crippen LogP contribution is -2.50. The third-order valence-corrected chi connectivity index (χ3v) is 6.97. The lowest BCUT2D eigenvalue weighted by atomic mass is 9.81. The largest absolute Gasteiger partial charge is 0.406 e. The van der Waals surface area contributed by atoms with Gasteiger partial charge in [0.1, 0.15) is 24.1 Å². The van der Waals surface area contributed by atoms with E-state index in [1.165, 1.54) is 29.9 Å². The maximum Gasteiger partial charge on any atom is 0.406 e. The van der Waals surface area contributed by atoms with E-state index in [0.717, 1.165) is 19.2 Å². The van der Waals surface area contributed by atoms with Gasteiger partial charge in [-0.05, 0) is 56.4 Å². The molecule has 220 valence electrons. The van der Waals surface area contributed by atoms with Crippen molar-refractivity contribution in [3.63, 3.8) is 0 Å². The molecule has 0 unspecified atom stereocenters. The van der Waals surface area contributed by atoms with Crippen LogP contribution < -0.4 is 10.6 Å². The summed E-state index contributed by atoms with van der Waals surface area (Å²) in [6, 6.07) is 3.54. The van der Waals surface area contributed by atoms with Crippen molar-refractivity contribution in [1.82, 2.24) is 20.0 Å². The van der Waals surface area contributed by atoms with E-state index in [1.807, 2.05) is 0 Å². The summed E-state index contributed by atoms with van der Waals surface area (Å²) in [5.74, 6) is -7.96. The maximum atomic E-state index is 15.0. The van der Waals surface area contributed by atoms with Crippen LogP contribution >= 0.6 is 0 Å². The fourth-order valence-corrected chi connectivity index (χ4v) is 4.72. The molecule has 0 radical (unpaired) electrons. The van der Waals surface area contributed by atoms with Crippen molar-refractivity contribution >= 4 is 23.4 Å². The van der Waals surface area contributed by atoms with E-state index in [1.54, 1.807) is 6.92 Å². The number of carbonyl (C=O) groups is 3. The number of aromatic nitrogens is 2. The molecule has 0 aliphatic heterocycles. The smallest absolute Gasteiger partial charge is 0.339 e. The minimum atomic E-state index is -4.60. The lowest BCUT2D eigenvalue weighted by Gasteiger charge is -2.33. The molecule has 2 aromatic rings. The lowest BCUT2D eigenvalue weighted by molar-refractivity contribution is -0.159. The fourth-order valence-electron chi connectivity index (χ4n) is 4.72. The first-order chi connectivity index (χ1) is 18.6. The molecule has 3 amide bonds. The van der Waals surface area contributed by atoms with Crippen molar-refractivity contribution < 1.29 is 40.7 Å². The van der Waals surface area contributed by atoms with Crippen LogP contribution in [0.4, 0.5) is 32.0 Å². The Balaban J connectivity index is 1.78. The summed E-state index contributed by atoms with van der Waals surface area (Å²) in [7, 11) is 0.986. The average molecular weight is 576 g/mol. The van der Waals surface area contributed by atoms with Crippen molar-refractivity contribution in [2.24, 2.45) is 5.92 Å². The summed E-state index contributed by atoms with van der Waals surface area (Å²) >= 11 is 0. The molecule has 1 heterocycles. The SMILES string of the molecule is CCn1nccc1C(=O)N[C@H](C(=O)Nc1ccc([C@H](C)C(=O)N(C)CC(F)(F)F)cc1F)C1CCC(F)(F)CC1. The summed E-state index contributed by atoms with van der Waals surface area (Å²) in [4.78, 5) is 39.1. The predicted octanol–water partition coefficient (Wildman–Crippen LogP) is 4.73. The fraction of sp³-hybridized carbons (Fsp3) is 0.538. The van der Waals surface area contributed by atoms with Crippen LogP contribution in [-0.2, 0) is 16.1 Å². The molecule has 14 heteroatoms. The van der Waals surface area contributed by atoms with Crippen LogP contribution in [0, 0.1) is 11.7 Å². The van der Waals surface area contributed by atoms with Gasteiger partial charge in [-0.15, -0.1) is 0 Å². The number of anilines is 1. The second-order valence-corrected chi connectivity index (χ2v) is 9.94. The number of nitrogens with one attached hydrogen (secondary N) is 2. The molecule has 0 spiro atoms. The van der Waals surface area contributed by atoms with E-state index in [2.05, 4.69) is 15.7 Å². The zero-order chi connectivity index (χ0) is 29.8. The summed E-state index contributed by atoms with van der Waals surface area (Å²) in [6.45, 7) is 1.98. The van der Waals surface area contributed by atoms with Crippen molar-refractivity contribution in [2.45, 2.75) is 70.1 Å². The zero-order valence-corrected chi connectivity index (χ0v) is 22.2. The Morgan fingerprint density at radius 3 is 2.40 bits per heavy atom. The highest BCUT2D eigenvalue weighted by molar-refractivity contribution is 6.00. The molecule has 1 aliphatic rings. The minimum Gasteiger partial charge on any atom is -0.339 e. The number of alkyl halides is 5. The van der Waals surface area contributed by atoms with Crippen LogP contribution in [0.5, 0.6) is 0 Å². The topological polar surface area (TPSA) is 96.3 Å². The van der Waals surface area contributed by atoms with E-state index < -0.39 is 72.9 Å². The first-order valence-electron chi connectivity index (χ1n) is 12.7. The van der Waals surface area contributed by atoms with Crippen LogP contribution in [0.3, 0.4) is 0 Å². The molecule has 40 heavy (non-hydrogen) atoms. The molecule has 3 rings (SSSR count). The highest BCUT2D eigenvalue weighted by Gasteiger charge is 2.41. The number of carbonyl (C=O) groups excluding carboxylic acids is 3. The Morgan fingerprint density at radius 1 is 1.18 bits per heavy atom. The number of aryl methyl sites for hydroxylation is 1. The Hall–Kier alpha value is -3.58. The first kappa shape index (κ1) is 31.0. The monoisotopic (exact) mass is 575 g/mol. The highest BCUT2D eigenvalue weighted by atomic mass is 19.4. The standard InChI is InChI=1S/C26H31F6N5O3/c1-4-37-20(9-12-33-37)22(38)35-21(16-7-10-25(28,29)11-8-16)23(39)34-19-6-5-17(13-18(19)27)15(2)24(40)36(3)14-26(30,31)32/h5-6,9,12-13,15-16,21H,4,7-8,10-11,14H2,1-3H3,(H,34,39)(H,35,38)/t15-,21-/m0/s1. The number of halogens is 6. The van der Waals surface area contributed by atoms with Crippen LogP contribution in [0.1, 0.15) is 61.5 Å². The molecule has 1 aliphatic carbocycles. The van der Waals surface area contributed by atoms with Crippen LogP contribution in [0.25, 0.3) is 0 Å². The molecular formula is C26H31F6N5O3. The molecule has 0 bridgehead atoms. The zero-order valence-electron chi connectivity index (χ0n) is 22.2. The van der Waals surface area contributed by atoms with Crippen LogP contribution in [0.15, 0.2) is 30.5 Å². The van der Waals surface area contributed by atoms with Gasteiger partial charge in [0, 0.05) is 32.6 Å². The van der Waals surface area contributed by atoms with E-state index >= 15 is 0 Å². The first-order valence-corrected chi connectivity index (χ1v) is 12.7. The van der Waals surface area contributed by atoms with E-state index in [0.29, 0.717) is 11.4 Å². The summed E-state index contributed by atoms with van der Waals surface area (Å²) < 4.78 is 81.9. The Bertz CT molecular complexity index is 1220. The molecular weight excluding hydrogens is 544 g/mol. The van der Waals surface area contributed by atoms with Crippen molar-refractivity contribution in [3.8, 4) is 0 Å². The molecule has 0 saturated heterocycles. The quantitative estimate of drug-likeness (QED) is 0.423. The summed E-state index contributed by atoms with van der Waals surface area (Å²) in [5, 5.41) is 8.96. The Kier molecular flexibility index (Phi) is 9.52. The van der Waals surface area contributed by atoms with Crippen LogP contribution in [-0.4, -0.2) is 64.1 Å². The van der Waals surface area contributed by atoms with E-state index in [4.69, 9.17) is 0 Å². The normalized spacial score (nSPS) is 17.1. The van der Waals surface area contributed by atoms with Crippen molar-refractivity contribution in [3.05, 3.63) is 47.5 Å². The number of rotatable bonds is 9. The van der Waals surface area contributed by atoms with Gasteiger partial charge in [-0.2, -0.15) is 18.3 Å². The summed E-state index contributed by atoms with van der Waals surface area (Å²) in [6.07, 6.45) is -4.24. The van der Waals surface area contributed by atoms with Gasteiger partial charge in [-0.25, -0.2) is 13.2 Å². The van der Waals surface area contributed by atoms with E-state index in [9.17, 15) is 40.7 Å². The molecule has 1 saturated carbocycles. The van der Waals surface area contributed by atoms with Gasteiger partial charge < -0.3 is 15.5 Å². The number of amides is 3. The number of likely N-dealkylation sites (N-methyl/N-ethyl adjacent to an activating group) is 1. The van der Waals surface area contributed by atoms with Gasteiger partial charge in [-0.1, -0.05) is 6.07 Å². The summed E-state index contributed by atoms with van der Waals surface area (Å²) in [5.41, 5.74) is -0.0659. The van der Waals surface area contributed by atoms with Crippen molar-refractivity contribution in [2.75, 3.05) is 18.9 Å². The van der Waals surface area contributed by atoms with E-state index in [-0.39, 0.29) is 29.8 Å². The molecule has 2 atom stereocenters. The second-order valence-electron chi connectivity index (χ2n) is 9.94. The number of hydrogen-bond donors (Lipinski definition) is 2. The highest BCUT2D eigenvalue weighted by Crippen LogP contribution is 2.38. The van der Waals surface area contributed by atoms with Crippen molar-refractivity contribution in [1.29, 1.82) is 0 Å². The molecule has 1 fully saturated rings. The number of benzene rings is 1. The Morgan fingerprint density at radius 2 is 1.82 bits per heavy atom. The van der Waals surface area contributed by atoms with Gasteiger partial charge in [0.2, 0.25) is 17.7 Å². The third-order valence-electron chi connectivity index (χ3n) is 6.97. The molecule has 1 aromatic heterocycles. The van der Waals surface area contributed by atoms with Gasteiger partial charge in [0.15, 0.2) is 0 Å². The van der Waals surface area contributed by atoms with Gasteiger partial charge in [-0.3, -0.25) is 19.1 Å². The second kappa shape index (κ2) is 12.3. The predicted molar refractivity (Wildman–Crippen MR) is 133 cm³/mol. The number of hydrogen-bond acceptors (Lipinski definition) is 4. The minimum absolute atomic E-state index is 0.0507. The molecule has 8 nitrogen and oxygen atoms in total. The van der Waals surface area contributed by atoms with Gasteiger partial charge >= 0.3 is 6.18 Å². The third kappa shape index (κ3) is 7.75. The average Bonchev–Trinajstić information content (AvgIpc) is 3.36. The van der Waals surface area contributed by atoms with Gasteiger partial charge in [0.05, 0.1) is 11.6 Å². The Labute approximate surface area is 227 Å². The molecule has 2 N–H and O–H groups in total. The maximum absolute atomic E-state index is 15.0. The molecule has 1 aromatic carbocycles. The number of nitrogens with zero attached hydrogens (tertiary/aromatic N) is 3. The van der Waals surface area contributed by atoms with Gasteiger partial charge in [0.25, 0.3) is 5.91 Å². The van der Waals surface area contributed by atoms with Crippen LogP contribution in [0.2, 0.25) is 0 Å².